The summed E-state index contributed by atoms with van der Waals surface area (Å²) in [5, 5.41) is 13.5. The van der Waals surface area contributed by atoms with Crippen LogP contribution in [0.3, 0.4) is 0 Å². The highest BCUT2D eigenvalue weighted by Gasteiger charge is 2.19. The molecular formula is C25H24N4O2. The Bertz CT molecular complexity index is 1230. The van der Waals surface area contributed by atoms with E-state index in [-0.39, 0.29) is 5.91 Å². The number of hydrogen-bond acceptors (Lipinski definition) is 4. The number of nitrogens with zero attached hydrogens (tertiary/aromatic N) is 3. The second-order valence-electron chi connectivity index (χ2n) is 7.52. The van der Waals surface area contributed by atoms with E-state index < -0.39 is 0 Å². The van der Waals surface area contributed by atoms with Crippen LogP contribution in [0, 0.1) is 11.3 Å². The van der Waals surface area contributed by atoms with Crippen LogP contribution in [0.25, 0.3) is 10.9 Å². The highest BCUT2D eigenvalue weighted by atomic mass is 16.3. The monoisotopic (exact) mass is 412 g/mol. The van der Waals surface area contributed by atoms with Crippen molar-refractivity contribution in [3.8, 4) is 6.07 Å². The van der Waals surface area contributed by atoms with Gasteiger partial charge in [-0.05, 0) is 35.9 Å². The zero-order chi connectivity index (χ0) is 21.8. The van der Waals surface area contributed by atoms with Gasteiger partial charge in [-0.15, -0.1) is 0 Å². The van der Waals surface area contributed by atoms with Gasteiger partial charge in [0.15, 0.2) is 0 Å². The van der Waals surface area contributed by atoms with Crippen LogP contribution in [0.15, 0.2) is 71.3 Å². The van der Waals surface area contributed by atoms with Gasteiger partial charge in [-0.25, -0.2) is 0 Å². The highest BCUT2D eigenvalue weighted by Crippen LogP contribution is 2.27. The summed E-state index contributed by atoms with van der Waals surface area (Å²) in [4.78, 5) is 14.1. The minimum absolute atomic E-state index is 0.103. The number of carbonyl (C=O) groups is 1. The molecule has 0 unspecified atom stereocenters. The lowest BCUT2D eigenvalue weighted by Crippen LogP contribution is -2.23. The molecule has 0 aliphatic carbocycles. The SMILES string of the molecule is CNC(=O)c1ccc(CN(Cc2ccco2)Cc2c(C#N)n(C)c3ccccc23)cc1. The second-order valence-corrected chi connectivity index (χ2v) is 7.52. The number of fused-ring (bicyclic) bond motifs is 1. The van der Waals surface area contributed by atoms with Crippen molar-refractivity contribution in [3.05, 3.63) is 95.1 Å². The van der Waals surface area contributed by atoms with Crippen LogP contribution in [0.5, 0.6) is 0 Å². The van der Waals surface area contributed by atoms with Gasteiger partial charge in [0, 0.05) is 49.2 Å². The fourth-order valence-corrected chi connectivity index (χ4v) is 3.95. The van der Waals surface area contributed by atoms with E-state index in [2.05, 4.69) is 22.4 Å². The van der Waals surface area contributed by atoms with E-state index in [0.29, 0.717) is 30.9 Å². The first-order valence-electron chi connectivity index (χ1n) is 10.1. The number of aromatic nitrogens is 1. The number of carbonyl (C=O) groups excluding carboxylic acids is 1. The topological polar surface area (TPSA) is 74.2 Å². The van der Waals surface area contributed by atoms with Gasteiger partial charge in [0.25, 0.3) is 5.91 Å². The molecule has 4 aromatic rings. The zero-order valence-electron chi connectivity index (χ0n) is 17.6. The standard InChI is InChI=1S/C25H24N4O2/c1-27-25(30)19-11-9-18(10-12-19)15-29(16-20-6-5-13-31-20)17-22-21-7-3-4-8-23(21)28(2)24(22)14-26/h3-13H,15-17H2,1-2H3,(H,27,30). The summed E-state index contributed by atoms with van der Waals surface area (Å²) in [6, 6.07) is 21.9. The number of nitriles is 1. The molecular weight excluding hydrogens is 388 g/mol. The van der Waals surface area contributed by atoms with Crippen LogP contribution in [-0.4, -0.2) is 22.4 Å². The third-order valence-corrected chi connectivity index (χ3v) is 5.51. The van der Waals surface area contributed by atoms with Gasteiger partial charge in [0.2, 0.25) is 0 Å². The van der Waals surface area contributed by atoms with Gasteiger partial charge in [-0.3, -0.25) is 9.69 Å². The summed E-state index contributed by atoms with van der Waals surface area (Å²) in [6.45, 7) is 1.86. The van der Waals surface area contributed by atoms with Crippen molar-refractivity contribution in [2.45, 2.75) is 19.6 Å². The molecule has 2 aromatic heterocycles. The lowest BCUT2D eigenvalue weighted by Gasteiger charge is -2.22. The van der Waals surface area contributed by atoms with Crippen LogP contribution < -0.4 is 5.32 Å². The van der Waals surface area contributed by atoms with Crippen LogP contribution in [0.4, 0.5) is 0 Å². The Morgan fingerprint density at radius 3 is 2.52 bits per heavy atom. The van der Waals surface area contributed by atoms with Gasteiger partial charge in [-0.2, -0.15) is 5.26 Å². The number of para-hydroxylation sites is 1. The molecule has 0 bridgehead atoms. The van der Waals surface area contributed by atoms with Gasteiger partial charge in [0.1, 0.15) is 17.5 Å². The third kappa shape index (κ3) is 4.23. The number of furan rings is 1. The smallest absolute Gasteiger partial charge is 0.251 e. The molecule has 0 saturated carbocycles. The first kappa shape index (κ1) is 20.5. The Labute approximate surface area is 181 Å². The molecule has 0 saturated heterocycles. The molecule has 0 aliphatic rings. The maximum absolute atomic E-state index is 11.8. The van der Waals surface area contributed by atoms with E-state index in [4.69, 9.17) is 4.42 Å². The summed E-state index contributed by atoms with van der Waals surface area (Å²) in [7, 11) is 3.55. The average molecular weight is 412 g/mol. The Balaban J connectivity index is 1.66. The van der Waals surface area contributed by atoms with Crippen molar-refractivity contribution < 1.29 is 9.21 Å². The van der Waals surface area contributed by atoms with Gasteiger partial charge in [0.05, 0.1) is 12.8 Å². The molecule has 0 radical (unpaired) electrons. The number of hydrogen-bond donors (Lipinski definition) is 1. The average Bonchev–Trinajstić information content (AvgIpc) is 3.40. The van der Waals surface area contributed by atoms with Crippen molar-refractivity contribution in [3.63, 3.8) is 0 Å². The Morgan fingerprint density at radius 2 is 1.84 bits per heavy atom. The predicted octanol–water partition coefficient (Wildman–Crippen LogP) is 4.20. The lowest BCUT2D eigenvalue weighted by atomic mass is 10.1. The predicted molar refractivity (Wildman–Crippen MR) is 119 cm³/mol. The summed E-state index contributed by atoms with van der Waals surface area (Å²) < 4.78 is 7.54. The minimum atomic E-state index is -0.103. The van der Waals surface area contributed by atoms with E-state index in [1.807, 2.05) is 66.2 Å². The van der Waals surface area contributed by atoms with Crippen LogP contribution in [-0.2, 0) is 26.7 Å². The molecule has 2 heterocycles. The van der Waals surface area contributed by atoms with Crippen molar-refractivity contribution in [1.82, 2.24) is 14.8 Å². The fraction of sp³-hybridized carbons (Fsp3) is 0.200. The minimum Gasteiger partial charge on any atom is -0.468 e. The molecule has 6 nitrogen and oxygen atoms in total. The summed E-state index contributed by atoms with van der Waals surface area (Å²) in [6.07, 6.45) is 1.67. The number of amides is 1. The molecule has 0 aliphatic heterocycles. The Morgan fingerprint density at radius 1 is 1.06 bits per heavy atom. The lowest BCUT2D eigenvalue weighted by molar-refractivity contribution is 0.0963. The number of aryl methyl sites for hydroxylation is 1. The molecule has 1 N–H and O–H groups in total. The van der Waals surface area contributed by atoms with Crippen molar-refractivity contribution >= 4 is 16.8 Å². The van der Waals surface area contributed by atoms with E-state index >= 15 is 0 Å². The van der Waals surface area contributed by atoms with E-state index in [1.165, 1.54) is 0 Å². The molecule has 4 rings (SSSR count). The van der Waals surface area contributed by atoms with E-state index in [1.54, 1.807) is 13.3 Å². The molecule has 156 valence electrons. The zero-order valence-corrected chi connectivity index (χ0v) is 17.6. The van der Waals surface area contributed by atoms with Crippen LogP contribution in [0.2, 0.25) is 0 Å². The maximum Gasteiger partial charge on any atom is 0.251 e. The quantitative estimate of drug-likeness (QED) is 0.494. The molecule has 6 heteroatoms. The van der Waals surface area contributed by atoms with Crippen molar-refractivity contribution in [2.24, 2.45) is 7.05 Å². The Kier molecular flexibility index (Phi) is 5.87. The van der Waals surface area contributed by atoms with Crippen molar-refractivity contribution in [2.75, 3.05) is 7.05 Å². The molecule has 31 heavy (non-hydrogen) atoms. The van der Waals surface area contributed by atoms with E-state index in [0.717, 1.165) is 27.8 Å². The Hall–Kier alpha value is -3.82. The van der Waals surface area contributed by atoms with Crippen molar-refractivity contribution in [1.29, 1.82) is 5.26 Å². The van der Waals surface area contributed by atoms with Crippen LogP contribution >= 0.6 is 0 Å². The summed E-state index contributed by atoms with van der Waals surface area (Å²) in [5.41, 5.74) is 4.43. The third-order valence-electron chi connectivity index (χ3n) is 5.51. The molecule has 0 spiro atoms. The molecule has 0 fully saturated rings. The number of benzene rings is 2. The van der Waals surface area contributed by atoms with Gasteiger partial charge < -0.3 is 14.3 Å². The first-order chi connectivity index (χ1) is 15.1. The van der Waals surface area contributed by atoms with E-state index in [9.17, 15) is 10.1 Å². The number of rotatable bonds is 7. The van der Waals surface area contributed by atoms with Gasteiger partial charge in [-0.1, -0.05) is 30.3 Å². The summed E-state index contributed by atoms with van der Waals surface area (Å²) in [5.74, 6) is 0.758. The van der Waals surface area contributed by atoms with Crippen LogP contribution in [0.1, 0.15) is 32.9 Å². The molecule has 1 amide bonds. The van der Waals surface area contributed by atoms with Gasteiger partial charge >= 0.3 is 0 Å². The number of nitrogens with one attached hydrogen (secondary N) is 1. The second kappa shape index (κ2) is 8.90. The summed E-state index contributed by atoms with van der Waals surface area (Å²) >= 11 is 0. The molecule has 0 atom stereocenters. The largest absolute Gasteiger partial charge is 0.468 e. The maximum atomic E-state index is 11.8. The fourth-order valence-electron chi connectivity index (χ4n) is 3.95. The first-order valence-corrected chi connectivity index (χ1v) is 10.1. The molecule has 2 aromatic carbocycles. The highest BCUT2D eigenvalue weighted by molar-refractivity contribution is 5.93. The normalized spacial score (nSPS) is 11.0.